The van der Waals surface area contributed by atoms with E-state index in [1.165, 1.54) is 6.07 Å². The average Bonchev–Trinajstić information content (AvgIpc) is 3.38. The van der Waals surface area contributed by atoms with Crippen molar-refractivity contribution in [1.82, 2.24) is 24.8 Å². The molecule has 0 radical (unpaired) electrons. The molecule has 0 fully saturated rings. The van der Waals surface area contributed by atoms with E-state index in [4.69, 9.17) is 4.52 Å². The fourth-order valence-corrected chi connectivity index (χ4v) is 3.97. The van der Waals surface area contributed by atoms with Crippen LogP contribution in [0.3, 0.4) is 0 Å². The molecule has 31 heavy (non-hydrogen) atoms. The highest BCUT2D eigenvalue weighted by atomic mass is 19.1. The van der Waals surface area contributed by atoms with Gasteiger partial charge in [-0.1, -0.05) is 35.0 Å². The Morgan fingerprint density at radius 3 is 2.81 bits per heavy atom. The van der Waals surface area contributed by atoms with E-state index in [1.54, 1.807) is 27.8 Å². The maximum Gasteiger partial charge on any atom is 0.279 e. The summed E-state index contributed by atoms with van der Waals surface area (Å²) >= 11 is 0. The van der Waals surface area contributed by atoms with Gasteiger partial charge in [0.05, 0.1) is 12.1 Å². The van der Waals surface area contributed by atoms with Crippen LogP contribution in [-0.4, -0.2) is 37.3 Å². The number of amides is 1. The summed E-state index contributed by atoms with van der Waals surface area (Å²) in [6.45, 7) is 2.96. The summed E-state index contributed by atoms with van der Waals surface area (Å²) in [4.78, 5) is 19.2. The van der Waals surface area contributed by atoms with Crippen LogP contribution in [-0.2, 0) is 20.0 Å². The van der Waals surface area contributed by atoms with Gasteiger partial charge in [0.25, 0.3) is 11.8 Å². The first kappa shape index (κ1) is 19.2. The Kier molecular flexibility index (Phi) is 4.62. The van der Waals surface area contributed by atoms with Crippen LogP contribution in [0.25, 0.3) is 23.0 Å². The zero-order chi connectivity index (χ0) is 21.5. The molecule has 0 spiro atoms. The quantitative estimate of drug-likeness (QED) is 0.507. The number of aryl methyl sites for hydroxylation is 2. The Balaban J connectivity index is 1.48. The van der Waals surface area contributed by atoms with Crippen molar-refractivity contribution in [1.29, 1.82) is 0 Å². The Morgan fingerprint density at radius 1 is 1.16 bits per heavy atom. The standard InChI is InChI=1S/C23H20FN5O2/c1-14-6-5-7-15(12-14)23(30)29-11-10-19-17(13-29)20(26-28(19)2)22-25-21(27-31-22)16-8-3-4-9-18(16)24/h3-9,12H,10-11,13H2,1-2H3. The molecule has 5 rings (SSSR count). The largest absolute Gasteiger partial charge is 0.334 e. The molecule has 2 aromatic heterocycles. The summed E-state index contributed by atoms with van der Waals surface area (Å²) in [5.74, 6) is -0.0782. The molecule has 0 aliphatic carbocycles. The number of halogens is 1. The predicted octanol–water partition coefficient (Wildman–Crippen LogP) is 3.78. The molecule has 2 aromatic carbocycles. The molecule has 8 heteroatoms. The van der Waals surface area contributed by atoms with Crippen LogP contribution in [0.2, 0.25) is 0 Å². The van der Waals surface area contributed by atoms with Crippen LogP contribution in [0.5, 0.6) is 0 Å². The second-order valence-corrected chi connectivity index (χ2v) is 7.65. The molecule has 3 heterocycles. The average molecular weight is 417 g/mol. The maximum absolute atomic E-state index is 14.1. The van der Waals surface area contributed by atoms with Gasteiger partial charge in [0.2, 0.25) is 5.82 Å². The molecule has 1 aliphatic rings. The van der Waals surface area contributed by atoms with Gasteiger partial charge in [-0.15, -0.1) is 0 Å². The number of carbonyl (C=O) groups excluding carboxylic acids is 1. The Labute approximate surface area is 178 Å². The number of rotatable bonds is 3. The number of benzene rings is 2. The number of fused-ring (bicyclic) bond motifs is 1. The lowest BCUT2D eigenvalue weighted by Gasteiger charge is -2.27. The Morgan fingerprint density at radius 2 is 2.00 bits per heavy atom. The van der Waals surface area contributed by atoms with Crippen molar-refractivity contribution >= 4 is 5.91 Å². The lowest BCUT2D eigenvalue weighted by Crippen LogP contribution is -2.36. The van der Waals surface area contributed by atoms with Crippen LogP contribution in [0.15, 0.2) is 53.1 Å². The topological polar surface area (TPSA) is 77.1 Å². The third-order valence-corrected chi connectivity index (χ3v) is 5.54. The summed E-state index contributed by atoms with van der Waals surface area (Å²) in [5, 5.41) is 8.50. The molecule has 0 bridgehead atoms. The monoisotopic (exact) mass is 417 g/mol. The van der Waals surface area contributed by atoms with E-state index in [-0.39, 0.29) is 23.2 Å². The maximum atomic E-state index is 14.1. The van der Waals surface area contributed by atoms with Gasteiger partial charge in [-0.2, -0.15) is 10.1 Å². The minimum Gasteiger partial charge on any atom is -0.334 e. The van der Waals surface area contributed by atoms with Gasteiger partial charge >= 0.3 is 0 Å². The van der Waals surface area contributed by atoms with E-state index in [0.717, 1.165) is 16.8 Å². The molecule has 0 unspecified atom stereocenters. The predicted molar refractivity (Wildman–Crippen MR) is 112 cm³/mol. The van der Waals surface area contributed by atoms with E-state index in [9.17, 15) is 9.18 Å². The first-order valence-electron chi connectivity index (χ1n) is 10.0. The van der Waals surface area contributed by atoms with E-state index in [2.05, 4.69) is 15.2 Å². The van der Waals surface area contributed by atoms with Crippen LogP contribution < -0.4 is 0 Å². The highest BCUT2D eigenvalue weighted by Crippen LogP contribution is 2.31. The van der Waals surface area contributed by atoms with E-state index >= 15 is 0 Å². The van der Waals surface area contributed by atoms with Gasteiger partial charge in [0.15, 0.2) is 5.69 Å². The molecule has 156 valence electrons. The zero-order valence-corrected chi connectivity index (χ0v) is 17.2. The highest BCUT2D eigenvalue weighted by Gasteiger charge is 2.30. The molecule has 7 nitrogen and oxygen atoms in total. The molecule has 0 atom stereocenters. The van der Waals surface area contributed by atoms with Crippen LogP contribution in [0.4, 0.5) is 4.39 Å². The summed E-state index contributed by atoms with van der Waals surface area (Å²) < 4.78 is 21.3. The highest BCUT2D eigenvalue weighted by molar-refractivity contribution is 5.94. The van der Waals surface area contributed by atoms with Gasteiger partial charge < -0.3 is 9.42 Å². The van der Waals surface area contributed by atoms with Crippen molar-refractivity contribution in [3.8, 4) is 23.0 Å². The van der Waals surface area contributed by atoms with Crippen LogP contribution in [0, 0.1) is 12.7 Å². The number of carbonyl (C=O) groups is 1. The molecule has 1 aliphatic heterocycles. The minimum atomic E-state index is -0.423. The fraction of sp³-hybridized carbons (Fsp3) is 0.217. The SMILES string of the molecule is Cc1cccc(C(=O)N2CCc3c(c(-c4nc(-c5ccccc5F)no4)nn3C)C2)c1. The zero-order valence-electron chi connectivity index (χ0n) is 17.2. The van der Waals surface area contributed by atoms with Crippen molar-refractivity contribution in [3.05, 3.63) is 76.7 Å². The second-order valence-electron chi connectivity index (χ2n) is 7.65. The van der Waals surface area contributed by atoms with Crippen molar-refractivity contribution < 1.29 is 13.7 Å². The van der Waals surface area contributed by atoms with Crippen molar-refractivity contribution in [2.75, 3.05) is 6.54 Å². The minimum absolute atomic E-state index is 0.0262. The number of aromatic nitrogens is 4. The molecule has 4 aromatic rings. The second kappa shape index (κ2) is 7.46. The van der Waals surface area contributed by atoms with E-state index < -0.39 is 5.82 Å². The van der Waals surface area contributed by atoms with Crippen LogP contribution in [0.1, 0.15) is 27.2 Å². The summed E-state index contributed by atoms with van der Waals surface area (Å²) in [7, 11) is 1.86. The fourth-order valence-electron chi connectivity index (χ4n) is 3.97. The molecule has 1 amide bonds. The Hall–Kier alpha value is -3.81. The third kappa shape index (κ3) is 3.39. The van der Waals surface area contributed by atoms with Crippen molar-refractivity contribution in [3.63, 3.8) is 0 Å². The third-order valence-electron chi connectivity index (χ3n) is 5.54. The van der Waals surface area contributed by atoms with E-state index in [0.29, 0.717) is 30.8 Å². The first-order valence-corrected chi connectivity index (χ1v) is 10.0. The molecule has 0 saturated carbocycles. The van der Waals surface area contributed by atoms with Crippen molar-refractivity contribution in [2.24, 2.45) is 7.05 Å². The van der Waals surface area contributed by atoms with Gasteiger partial charge in [-0.3, -0.25) is 9.48 Å². The number of nitrogens with zero attached hydrogens (tertiary/aromatic N) is 5. The van der Waals surface area contributed by atoms with Gasteiger partial charge in [-0.25, -0.2) is 4.39 Å². The number of hydrogen-bond donors (Lipinski definition) is 0. The lowest BCUT2D eigenvalue weighted by molar-refractivity contribution is 0.0733. The first-order chi connectivity index (χ1) is 15.0. The summed E-state index contributed by atoms with van der Waals surface area (Å²) in [6, 6.07) is 13.8. The van der Waals surface area contributed by atoms with Gasteiger partial charge in [-0.05, 0) is 31.2 Å². The van der Waals surface area contributed by atoms with Gasteiger partial charge in [0.1, 0.15) is 5.82 Å². The van der Waals surface area contributed by atoms with Crippen LogP contribution >= 0.6 is 0 Å². The normalized spacial score (nSPS) is 13.3. The Bertz CT molecular complexity index is 1290. The number of hydrogen-bond acceptors (Lipinski definition) is 5. The lowest BCUT2D eigenvalue weighted by atomic mass is 10.0. The molecule has 0 N–H and O–H groups in total. The van der Waals surface area contributed by atoms with Gasteiger partial charge in [0, 0.05) is 36.8 Å². The summed E-state index contributed by atoms with van der Waals surface area (Å²) in [5.41, 5.74) is 4.38. The summed E-state index contributed by atoms with van der Waals surface area (Å²) in [6.07, 6.45) is 0.671. The van der Waals surface area contributed by atoms with E-state index in [1.807, 2.05) is 38.2 Å². The molecular weight excluding hydrogens is 397 g/mol. The van der Waals surface area contributed by atoms with Crippen molar-refractivity contribution in [2.45, 2.75) is 19.9 Å². The molecular formula is C23H20FN5O2. The smallest absolute Gasteiger partial charge is 0.279 e. The molecule has 0 saturated heterocycles.